The number of hydrogen-bond donors (Lipinski definition) is 2. The minimum Gasteiger partial charge on any atom is -0.508 e. The number of unbranched alkanes of at least 4 members (excludes halogenated alkanes) is 1. The molecule has 25 heavy (non-hydrogen) atoms. The molecule has 3 rings (SSSR count). The number of phenolic OH excluding ortho intramolecular Hbond substituents is 2. The fraction of sp³-hybridized carbons (Fsp3) is 0.182. The van der Waals surface area contributed by atoms with Crippen molar-refractivity contribution in [2.45, 2.75) is 19.3 Å². The van der Waals surface area contributed by atoms with Gasteiger partial charge in [0.05, 0.1) is 6.67 Å². The quantitative estimate of drug-likeness (QED) is 0.565. The van der Waals surface area contributed by atoms with Crippen LogP contribution in [0.3, 0.4) is 0 Å². The van der Waals surface area contributed by atoms with E-state index in [0.717, 1.165) is 40.7 Å². The number of benzene rings is 3. The molecular weight excluding hydrogens is 315 g/mol. The van der Waals surface area contributed by atoms with E-state index in [4.69, 9.17) is 0 Å². The van der Waals surface area contributed by atoms with Gasteiger partial charge >= 0.3 is 0 Å². The van der Waals surface area contributed by atoms with Crippen molar-refractivity contribution in [3.05, 3.63) is 72.3 Å². The molecule has 2 N–H and O–H groups in total. The van der Waals surface area contributed by atoms with E-state index >= 15 is 0 Å². The Morgan fingerprint density at radius 1 is 0.640 bits per heavy atom. The minimum absolute atomic E-state index is 0.239. The zero-order valence-electron chi connectivity index (χ0n) is 14.0. The zero-order chi connectivity index (χ0) is 17.6. The van der Waals surface area contributed by atoms with Gasteiger partial charge in [-0.3, -0.25) is 4.39 Å². The summed E-state index contributed by atoms with van der Waals surface area (Å²) in [7, 11) is 0. The largest absolute Gasteiger partial charge is 0.508 e. The first-order valence-electron chi connectivity index (χ1n) is 8.45. The summed E-state index contributed by atoms with van der Waals surface area (Å²) in [5.74, 6) is 0.482. The van der Waals surface area contributed by atoms with E-state index in [1.807, 2.05) is 30.3 Å². The summed E-state index contributed by atoms with van der Waals surface area (Å²) >= 11 is 0. The van der Waals surface area contributed by atoms with Crippen LogP contribution in [0.15, 0.2) is 66.7 Å². The highest BCUT2D eigenvalue weighted by Crippen LogP contribution is 2.31. The predicted molar refractivity (Wildman–Crippen MR) is 99.6 cm³/mol. The van der Waals surface area contributed by atoms with E-state index in [2.05, 4.69) is 12.1 Å². The Morgan fingerprint density at radius 2 is 1.20 bits per heavy atom. The van der Waals surface area contributed by atoms with Gasteiger partial charge in [-0.15, -0.1) is 0 Å². The zero-order valence-corrected chi connectivity index (χ0v) is 14.0. The fourth-order valence-corrected chi connectivity index (χ4v) is 2.97. The second kappa shape index (κ2) is 7.84. The van der Waals surface area contributed by atoms with Crippen LogP contribution < -0.4 is 0 Å². The first-order chi connectivity index (χ1) is 12.2. The van der Waals surface area contributed by atoms with Crippen LogP contribution >= 0.6 is 0 Å². The topological polar surface area (TPSA) is 40.5 Å². The maximum Gasteiger partial charge on any atom is 0.115 e. The van der Waals surface area contributed by atoms with Crippen molar-refractivity contribution < 1.29 is 14.6 Å². The molecular formula is C22H21FO2. The molecule has 0 spiro atoms. The Balaban J connectivity index is 1.99. The molecule has 3 aromatic rings. The summed E-state index contributed by atoms with van der Waals surface area (Å²) in [5, 5.41) is 19.0. The summed E-state index contributed by atoms with van der Waals surface area (Å²) < 4.78 is 12.5. The van der Waals surface area contributed by atoms with Gasteiger partial charge in [-0.05, 0) is 71.3 Å². The van der Waals surface area contributed by atoms with E-state index in [9.17, 15) is 14.6 Å². The van der Waals surface area contributed by atoms with E-state index in [1.54, 1.807) is 24.3 Å². The Labute approximate surface area is 147 Å². The third-order valence-electron chi connectivity index (χ3n) is 4.31. The molecule has 2 nitrogen and oxygen atoms in total. The van der Waals surface area contributed by atoms with Crippen LogP contribution in [0.2, 0.25) is 0 Å². The van der Waals surface area contributed by atoms with E-state index in [0.29, 0.717) is 6.42 Å². The number of halogens is 1. The summed E-state index contributed by atoms with van der Waals surface area (Å²) in [6.45, 7) is -0.299. The maximum atomic E-state index is 12.5. The Hall–Kier alpha value is -2.81. The Morgan fingerprint density at radius 3 is 1.80 bits per heavy atom. The van der Waals surface area contributed by atoms with Gasteiger partial charge in [0.1, 0.15) is 11.5 Å². The van der Waals surface area contributed by atoms with Crippen LogP contribution in [0.1, 0.15) is 18.4 Å². The number of rotatable bonds is 6. The maximum absolute atomic E-state index is 12.5. The lowest BCUT2D eigenvalue weighted by Crippen LogP contribution is -1.93. The van der Waals surface area contributed by atoms with Crippen LogP contribution in [0.25, 0.3) is 22.3 Å². The van der Waals surface area contributed by atoms with Crippen LogP contribution in [-0.2, 0) is 6.42 Å². The summed E-state index contributed by atoms with van der Waals surface area (Å²) in [6, 6.07) is 20.5. The van der Waals surface area contributed by atoms with Crippen molar-refractivity contribution in [3.63, 3.8) is 0 Å². The lowest BCUT2D eigenvalue weighted by atomic mass is 9.92. The van der Waals surface area contributed by atoms with Gasteiger partial charge in [0.2, 0.25) is 0 Å². The average molecular weight is 336 g/mol. The standard InChI is InChI=1S/C22H21FO2/c23-14-2-1-3-19-15-18(16-4-9-20(24)10-5-16)8-13-22(19)17-6-11-21(25)12-7-17/h4-13,15,24-25H,1-3,14H2. The average Bonchev–Trinajstić information content (AvgIpc) is 2.63. The number of aryl methyl sites for hydroxylation is 1. The minimum atomic E-state index is -0.299. The second-order valence-electron chi connectivity index (χ2n) is 6.11. The third kappa shape index (κ3) is 4.18. The first kappa shape index (κ1) is 17.0. The highest BCUT2D eigenvalue weighted by molar-refractivity contribution is 5.74. The van der Waals surface area contributed by atoms with Gasteiger partial charge in [0.25, 0.3) is 0 Å². The molecule has 0 atom stereocenters. The van der Waals surface area contributed by atoms with Gasteiger partial charge < -0.3 is 10.2 Å². The van der Waals surface area contributed by atoms with E-state index in [-0.39, 0.29) is 18.2 Å². The fourth-order valence-electron chi connectivity index (χ4n) is 2.97. The van der Waals surface area contributed by atoms with Crippen LogP contribution in [0.4, 0.5) is 4.39 Å². The summed E-state index contributed by atoms with van der Waals surface area (Å²) in [4.78, 5) is 0. The molecule has 0 aromatic heterocycles. The van der Waals surface area contributed by atoms with Gasteiger partial charge in [0.15, 0.2) is 0 Å². The molecule has 0 saturated carbocycles. The predicted octanol–water partition coefficient (Wildman–Crippen LogP) is 5.72. The van der Waals surface area contributed by atoms with Crippen molar-refractivity contribution in [2.24, 2.45) is 0 Å². The lowest BCUT2D eigenvalue weighted by molar-refractivity contribution is 0.462. The lowest BCUT2D eigenvalue weighted by Gasteiger charge is -2.13. The van der Waals surface area contributed by atoms with Gasteiger partial charge in [0, 0.05) is 0 Å². The molecule has 0 aliphatic heterocycles. The van der Waals surface area contributed by atoms with E-state index < -0.39 is 0 Å². The van der Waals surface area contributed by atoms with E-state index in [1.165, 1.54) is 0 Å². The summed E-state index contributed by atoms with van der Waals surface area (Å²) in [6.07, 6.45) is 2.14. The Bertz CT molecular complexity index is 824. The molecule has 0 heterocycles. The molecule has 0 fully saturated rings. The van der Waals surface area contributed by atoms with Crippen LogP contribution in [-0.4, -0.2) is 16.9 Å². The number of aromatic hydroxyl groups is 2. The SMILES string of the molecule is Oc1ccc(-c2ccc(-c3ccc(O)cc3)c(CCCCF)c2)cc1. The molecule has 3 heteroatoms. The molecule has 0 aliphatic carbocycles. The molecule has 3 aromatic carbocycles. The van der Waals surface area contributed by atoms with Gasteiger partial charge in [-0.2, -0.15) is 0 Å². The van der Waals surface area contributed by atoms with Crippen molar-refractivity contribution >= 4 is 0 Å². The van der Waals surface area contributed by atoms with Gasteiger partial charge in [-0.25, -0.2) is 0 Å². The Kier molecular flexibility index (Phi) is 5.34. The van der Waals surface area contributed by atoms with Crippen LogP contribution in [0, 0.1) is 0 Å². The van der Waals surface area contributed by atoms with Crippen molar-refractivity contribution in [3.8, 4) is 33.8 Å². The molecule has 0 amide bonds. The molecule has 0 saturated heterocycles. The highest BCUT2D eigenvalue weighted by Gasteiger charge is 2.08. The molecule has 128 valence electrons. The number of alkyl halides is 1. The van der Waals surface area contributed by atoms with Crippen molar-refractivity contribution in [1.82, 2.24) is 0 Å². The van der Waals surface area contributed by atoms with Crippen LogP contribution in [0.5, 0.6) is 11.5 Å². The molecule has 0 radical (unpaired) electrons. The number of phenols is 2. The first-order valence-corrected chi connectivity index (χ1v) is 8.45. The highest BCUT2D eigenvalue weighted by atomic mass is 19.1. The van der Waals surface area contributed by atoms with Crippen molar-refractivity contribution in [1.29, 1.82) is 0 Å². The molecule has 0 aliphatic rings. The molecule has 0 bridgehead atoms. The third-order valence-corrected chi connectivity index (χ3v) is 4.31. The summed E-state index contributed by atoms with van der Waals surface area (Å²) in [5.41, 5.74) is 5.39. The molecule has 0 unspecified atom stereocenters. The van der Waals surface area contributed by atoms with Gasteiger partial charge in [-0.1, -0.05) is 42.5 Å². The smallest absolute Gasteiger partial charge is 0.115 e. The van der Waals surface area contributed by atoms with Crippen molar-refractivity contribution in [2.75, 3.05) is 6.67 Å². The monoisotopic (exact) mass is 336 g/mol. The second-order valence-corrected chi connectivity index (χ2v) is 6.11. The number of hydrogen-bond acceptors (Lipinski definition) is 2. The normalized spacial score (nSPS) is 10.8.